The second-order valence-corrected chi connectivity index (χ2v) is 15.6. The van der Waals surface area contributed by atoms with Gasteiger partial charge < -0.3 is 24.8 Å². The maximum Gasteiger partial charge on any atom is 0.108 e. The fourth-order valence-electron chi connectivity index (χ4n) is 3.61. The summed E-state index contributed by atoms with van der Waals surface area (Å²) in [7, 11) is 0. The molecule has 6 heteroatoms. The van der Waals surface area contributed by atoms with Gasteiger partial charge in [-0.1, -0.05) is 49.2 Å². The van der Waals surface area contributed by atoms with Gasteiger partial charge in [-0.3, -0.25) is 0 Å². The van der Waals surface area contributed by atoms with Crippen molar-refractivity contribution >= 4 is 10.6 Å². The molecule has 0 aliphatic rings. The van der Waals surface area contributed by atoms with Gasteiger partial charge in [0.1, 0.15) is 11.6 Å². The summed E-state index contributed by atoms with van der Waals surface area (Å²) in [6.45, 7) is 6.45. The van der Waals surface area contributed by atoms with E-state index in [2.05, 4.69) is 62.9 Å². The van der Waals surface area contributed by atoms with Gasteiger partial charge in [0.15, 0.2) is 0 Å². The number of rotatable bonds is 3. The summed E-state index contributed by atoms with van der Waals surface area (Å²) in [6.07, 6.45) is 0. The molecule has 190 valence electrons. The van der Waals surface area contributed by atoms with Gasteiger partial charge >= 0.3 is 70.8 Å². The quantitative estimate of drug-likeness (QED) is 0.212. The molecule has 5 aromatic carbocycles. The first kappa shape index (κ1) is 32.9. The Morgan fingerprint density at radius 2 is 0.946 bits per heavy atom. The summed E-state index contributed by atoms with van der Waals surface area (Å²) in [6, 6.07) is 36.1. The van der Waals surface area contributed by atoms with Gasteiger partial charge in [0, 0.05) is 0 Å². The van der Waals surface area contributed by atoms with E-state index < -0.39 is 0 Å². The van der Waals surface area contributed by atoms with Crippen LogP contribution in [0.4, 0.5) is 8.78 Å². The summed E-state index contributed by atoms with van der Waals surface area (Å²) in [4.78, 5) is 0. The summed E-state index contributed by atoms with van der Waals surface area (Å²) < 4.78 is 25.3. The van der Waals surface area contributed by atoms with Crippen LogP contribution in [0.15, 0.2) is 115 Å². The zero-order chi connectivity index (χ0) is 25.2. The minimum Gasteiger partial charge on any atom is -1.00 e. The molecule has 0 aromatic heterocycles. The van der Waals surface area contributed by atoms with Crippen LogP contribution >= 0.6 is 0 Å². The zero-order valence-corrected chi connectivity index (χ0v) is 26.0. The van der Waals surface area contributed by atoms with Crippen molar-refractivity contribution in [1.29, 1.82) is 0 Å². The molecule has 0 spiro atoms. The Balaban J connectivity index is 0.000000275. The second kappa shape index (κ2) is 16.7. The van der Waals surface area contributed by atoms with Crippen molar-refractivity contribution < 1.29 is 56.9 Å². The van der Waals surface area contributed by atoms with Crippen molar-refractivity contribution in [3.05, 3.63) is 138 Å². The van der Waals surface area contributed by atoms with E-state index in [-0.39, 0.29) is 41.9 Å². The summed E-state index contributed by atoms with van der Waals surface area (Å²) in [5, 5.41) is 1.56. The Morgan fingerprint density at radius 3 is 1.22 bits per heavy atom. The molecule has 0 atom stereocenters. The minimum absolute atomic E-state index is 0. The van der Waals surface area contributed by atoms with Gasteiger partial charge in [0.25, 0.3) is 0 Å². The fraction of sp³-hybridized carbons (Fsp3) is 0.0968. The largest absolute Gasteiger partial charge is 1.00 e. The van der Waals surface area contributed by atoms with Crippen LogP contribution in [0.1, 0.15) is 11.1 Å². The van der Waals surface area contributed by atoms with Crippen molar-refractivity contribution in [2.75, 3.05) is 0 Å². The molecule has 5 rings (SSSR count). The predicted molar refractivity (Wildman–Crippen MR) is 142 cm³/mol. The third kappa shape index (κ3) is 10.3. The van der Waals surface area contributed by atoms with Crippen LogP contribution in [0.5, 0.6) is 0 Å². The van der Waals surface area contributed by atoms with Crippen LogP contribution in [0.3, 0.4) is 0 Å². The maximum absolute atomic E-state index is 12.6. The van der Waals surface area contributed by atoms with E-state index in [0.717, 1.165) is 11.1 Å². The van der Waals surface area contributed by atoms with Gasteiger partial charge in [-0.25, -0.2) is 8.78 Å². The smallest absolute Gasteiger partial charge is 0.108 e. The van der Waals surface area contributed by atoms with Crippen LogP contribution in [-0.4, -0.2) is 5.43 Å². The average Bonchev–Trinajstić information content (AvgIpc) is 3.49. The molecule has 0 saturated carbocycles. The van der Waals surface area contributed by atoms with Crippen molar-refractivity contribution in [3.8, 4) is 22.3 Å². The molecule has 0 heterocycles. The normalized spacial score (nSPS) is 9.49. The van der Waals surface area contributed by atoms with Crippen molar-refractivity contribution in [1.82, 2.24) is 0 Å². The topological polar surface area (TPSA) is 0 Å². The summed E-state index contributed by atoms with van der Waals surface area (Å²) in [5.74, 6) is -0.374. The van der Waals surface area contributed by atoms with E-state index in [0.29, 0.717) is 0 Å². The molecular weight excluding hydrogens is 601 g/mol. The maximum atomic E-state index is 12.6. The van der Waals surface area contributed by atoms with Crippen LogP contribution in [-0.2, 0) is 23.3 Å². The Kier molecular flexibility index (Phi) is 14.8. The monoisotopic (exact) mass is 626 g/mol. The van der Waals surface area contributed by atoms with E-state index in [4.69, 9.17) is 0 Å². The van der Waals surface area contributed by atoms with Crippen LogP contribution in [0, 0.1) is 25.5 Å². The van der Waals surface area contributed by atoms with E-state index in [9.17, 15) is 8.78 Å². The number of aryl methyl sites for hydroxylation is 2. The van der Waals surface area contributed by atoms with Crippen LogP contribution in [0.25, 0.3) is 22.3 Å². The third-order valence-corrected chi connectivity index (χ3v) is 8.91. The van der Waals surface area contributed by atoms with Gasteiger partial charge in [0.2, 0.25) is 0 Å². The molecule has 0 bridgehead atoms. The first-order chi connectivity index (χ1) is 16.8. The molecule has 0 amide bonds. The fourth-order valence-corrected chi connectivity index (χ4v) is 5.54. The molecule has 0 unspecified atom stereocenters. The molecule has 0 N–H and O–H groups in total. The molecular formula is C31H28Cl2F2SiZr-2. The SMILES string of the molecule is C[Si](=[Zr+2])c1ccccc1.Cc1ccc[c-]1-c1ccc(F)cc1.Cc1ccc[c-]1-c1ccc(F)cc1.[Cl-].[Cl-]. The zero-order valence-electron chi connectivity index (χ0n) is 21.0. The first-order valence-corrected chi connectivity index (χ1v) is 17.1. The summed E-state index contributed by atoms with van der Waals surface area (Å²) in [5.41, 5.74) is 6.84. The van der Waals surface area contributed by atoms with Crippen LogP contribution < -0.4 is 30.0 Å². The van der Waals surface area contributed by atoms with E-state index in [1.54, 1.807) is 52.8 Å². The third-order valence-electron chi connectivity index (χ3n) is 5.59. The molecule has 0 aliphatic carbocycles. The standard InChI is InChI=1S/2C12H10F.C7H8Si.2ClH.Zr/c2*1-9-3-2-4-12(9)10-5-7-11(13)8-6-10;1-8-7-5-3-2-4-6-7;;;/h2*2-8H,1H3;2-6H,1H3;2*1H;/q2*-1;;;;+2/p-2. The number of halogens is 4. The van der Waals surface area contributed by atoms with Crippen molar-refractivity contribution in [3.63, 3.8) is 0 Å². The molecule has 0 radical (unpaired) electrons. The van der Waals surface area contributed by atoms with Gasteiger partial charge in [-0.15, -0.1) is 70.8 Å². The van der Waals surface area contributed by atoms with E-state index in [1.165, 1.54) is 46.5 Å². The molecule has 0 aliphatic heterocycles. The molecule has 0 saturated heterocycles. The molecule has 0 nitrogen and oxygen atoms in total. The van der Waals surface area contributed by atoms with E-state index in [1.807, 2.05) is 24.3 Å². The Labute approximate surface area is 246 Å². The first-order valence-electron chi connectivity index (χ1n) is 11.4. The number of benzene rings is 3. The minimum atomic E-state index is -0.187. The number of hydrogen-bond donors (Lipinski definition) is 0. The van der Waals surface area contributed by atoms with Crippen molar-refractivity contribution in [2.45, 2.75) is 20.4 Å². The molecule has 37 heavy (non-hydrogen) atoms. The van der Waals surface area contributed by atoms with Gasteiger partial charge in [-0.05, 0) is 0 Å². The van der Waals surface area contributed by atoms with Crippen molar-refractivity contribution in [2.24, 2.45) is 0 Å². The van der Waals surface area contributed by atoms with Gasteiger partial charge in [-0.2, -0.15) is 12.1 Å². The summed E-state index contributed by atoms with van der Waals surface area (Å²) >= 11 is 1.69. The predicted octanol–water partition coefficient (Wildman–Crippen LogP) is 2.11. The Morgan fingerprint density at radius 1 is 0.568 bits per heavy atom. The molecule has 0 fully saturated rings. The van der Waals surface area contributed by atoms with E-state index >= 15 is 0 Å². The van der Waals surface area contributed by atoms with Crippen LogP contribution in [0.2, 0.25) is 6.55 Å². The Hall–Kier alpha value is -2.10. The average molecular weight is 629 g/mol. The Bertz CT molecular complexity index is 1260. The number of hydrogen-bond acceptors (Lipinski definition) is 0. The second-order valence-electron chi connectivity index (χ2n) is 8.25. The van der Waals surface area contributed by atoms with Gasteiger partial charge in [0.05, 0.1) is 0 Å². The molecule has 5 aromatic rings.